The Hall–Kier alpha value is -2.82. The largest absolute Gasteiger partial charge is 0.490 e. The van der Waals surface area contributed by atoms with Gasteiger partial charge in [-0.15, -0.1) is 0 Å². The molecular weight excluding hydrogens is 444 g/mol. The van der Waals surface area contributed by atoms with Crippen molar-refractivity contribution in [2.45, 2.75) is 17.7 Å². The van der Waals surface area contributed by atoms with Crippen LogP contribution in [0.25, 0.3) is 0 Å². The maximum absolute atomic E-state index is 12.7. The summed E-state index contributed by atoms with van der Waals surface area (Å²) in [5, 5.41) is 2.93. The summed E-state index contributed by atoms with van der Waals surface area (Å²) in [6.07, 6.45) is 0.753. The summed E-state index contributed by atoms with van der Waals surface area (Å²) in [5.74, 6) is 0.691. The van der Waals surface area contributed by atoms with Gasteiger partial charge in [0.15, 0.2) is 11.5 Å². The van der Waals surface area contributed by atoms with Crippen molar-refractivity contribution >= 4 is 27.3 Å². The highest BCUT2D eigenvalue weighted by Gasteiger charge is 2.20. The molecule has 0 saturated carbocycles. The van der Waals surface area contributed by atoms with Crippen molar-refractivity contribution < 1.29 is 22.7 Å². The highest BCUT2D eigenvalue weighted by Crippen LogP contribution is 2.32. The molecule has 1 fully saturated rings. The monoisotopic (exact) mass is 474 g/mol. The minimum atomic E-state index is -3.78. The van der Waals surface area contributed by atoms with Crippen molar-refractivity contribution in [1.82, 2.24) is 9.62 Å². The Labute approximate surface area is 194 Å². The molecule has 0 spiro atoms. The number of anilines is 2. The van der Waals surface area contributed by atoms with Crippen molar-refractivity contribution in [3.63, 3.8) is 0 Å². The van der Waals surface area contributed by atoms with Crippen LogP contribution in [0.5, 0.6) is 11.5 Å². The molecule has 2 heterocycles. The van der Waals surface area contributed by atoms with Gasteiger partial charge in [0.2, 0.25) is 15.9 Å². The summed E-state index contributed by atoms with van der Waals surface area (Å²) in [6, 6.07) is 12.2. The molecule has 2 aliphatic heterocycles. The number of likely N-dealkylation sites (N-methyl/N-ethyl adjacent to an activating group) is 1. The molecule has 2 aliphatic rings. The van der Waals surface area contributed by atoms with E-state index in [4.69, 9.17) is 9.47 Å². The summed E-state index contributed by atoms with van der Waals surface area (Å²) in [7, 11) is -1.69. The number of rotatable bonds is 7. The zero-order valence-electron chi connectivity index (χ0n) is 18.7. The molecule has 0 bridgehead atoms. The van der Waals surface area contributed by atoms with E-state index in [1.54, 1.807) is 6.07 Å². The van der Waals surface area contributed by atoms with Gasteiger partial charge < -0.3 is 24.6 Å². The first-order chi connectivity index (χ1) is 15.9. The number of nitrogens with one attached hydrogen (secondary N) is 2. The molecule has 0 unspecified atom stereocenters. The Bertz CT molecular complexity index is 1080. The van der Waals surface area contributed by atoms with Gasteiger partial charge in [-0.25, -0.2) is 13.1 Å². The molecular formula is C23H30N4O5S. The Morgan fingerprint density at radius 3 is 2.52 bits per heavy atom. The summed E-state index contributed by atoms with van der Waals surface area (Å²) in [6.45, 7) is 4.69. The van der Waals surface area contributed by atoms with Gasteiger partial charge in [0.05, 0.1) is 29.5 Å². The molecule has 2 aromatic carbocycles. The van der Waals surface area contributed by atoms with Crippen molar-refractivity contribution in [3.05, 3.63) is 42.5 Å². The fourth-order valence-corrected chi connectivity index (χ4v) is 4.86. The van der Waals surface area contributed by atoms with E-state index in [-0.39, 0.29) is 23.8 Å². The first-order valence-electron chi connectivity index (χ1n) is 11.1. The first kappa shape index (κ1) is 23.3. The number of piperazine rings is 1. The lowest BCUT2D eigenvalue weighted by molar-refractivity contribution is -0.116. The molecule has 1 amide bonds. The number of para-hydroxylation sites is 2. The van der Waals surface area contributed by atoms with E-state index in [0.717, 1.165) is 44.0 Å². The Morgan fingerprint density at radius 2 is 1.73 bits per heavy atom. The van der Waals surface area contributed by atoms with Gasteiger partial charge in [0.25, 0.3) is 0 Å². The molecule has 9 nitrogen and oxygen atoms in total. The standard InChI is InChI=1S/C23H30N4O5S/c1-26-11-13-27(14-12-26)20-6-3-2-5-19(20)25-23(28)9-10-24-33(29,30)18-7-8-21-22(17-18)32-16-4-15-31-21/h2-3,5-8,17,24H,4,9-16H2,1H3,(H,25,28). The normalized spacial score (nSPS) is 16.8. The number of fused-ring (bicyclic) bond motifs is 1. The smallest absolute Gasteiger partial charge is 0.240 e. The zero-order chi connectivity index (χ0) is 23.3. The number of hydrogen-bond donors (Lipinski definition) is 2. The minimum Gasteiger partial charge on any atom is -0.490 e. The molecule has 4 rings (SSSR count). The number of carbonyl (C=O) groups is 1. The molecule has 0 atom stereocenters. The fraction of sp³-hybridized carbons (Fsp3) is 0.435. The van der Waals surface area contributed by atoms with Gasteiger partial charge in [-0.1, -0.05) is 12.1 Å². The number of nitrogens with zero attached hydrogens (tertiary/aromatic N) is 2. The van der Waals surface area contributed by atoms with Crippen molar-refractivity contribution in [2.24, 2.45) is 0 Å². The van der Waals surface area contributed by atoms with Gasteiger partial charge in [-0.2, -0.15) is 0 Å². The van der Waals surface area contributed by atoms with Crippen molar-refractivity contribution in [3.8, 4) is 11.5 Å². The molecule has 178 valence electrons. The Balaban J connectivity index is 1.33. The van der Waals surface area contributed by atoms with Crippen LogP contribution in [-0.2, 0) is 14.8 Å². The molecule has 10 heteroatoms. The first-order valence-corrected chi connectivity index (χ1v) is 12.6. The van der Waals surface area contributed by atoms with Crippen LogP contribution in [0.15, 0.2) is 47.4 Å². The average Bonchev–Trinajstić information content (AvgIpc) is 3.05. The lowest BCUT2D eigenvalue weighted by Crippen LogP contribution is -2.44. The van der Waals surface area contributed by atoms with Crippen LogP contribution in [0.4, 0.5) is 11.4 Å². The quantitative estimate of drug-likeness (QED) is 0.632. The van der Waals surface area contributed by atoms with Gasteiger partial charge in [0, 0.05) is 51.6 Å². The van der Waals surface area contributed by atoms with Gasteiger partial charge >= 0.3 is 0 Å². The predicted molar refractivity (Wildman–Crippen MR) is 127 cm³/mol. The lowest BCUT2D eigenvalue weighted by atomic mass is 10.2. The minimum absolute atomic E-state index is 0.0146. The van der Waals surface area contributed by atoms with E-state index in [1.165, 1.54) is 12.1 Å². The fourth-order valence-electron chi connectivity index (χ4n) is 3.81. The molecule has 33 heavy (non-hydrogen) atoms. The summed E-state index contributed by atoms with van der Waals surface area (Å²) >= 11 is 0. The number of ether oxygens (including phenoxy) is 2. The summed E-state index contributed by atoms with van der Waals surface area (Å²) in [5.41, 5.74) is 1.71. The van der Waals surface area contributed by atoms with Crippen LogP contribution >= 0.6 is 0 Å². The second kappa shape index (κ2) is 10.4. The van der Waals surface area contributed by atoms with Crippen LogP contribution in [-0.4, -0.2) is 72.2 Å². The van der Waals surface area contributed by atoms with Crippen LogP contribution in [0.3, 0.4) is 0 Å². The van der Waals surface area contributed by atoms with Gasteiger partial charge in [-0.05, 0) is 31.3 Å². The maximum atomic E-state index is 12.7. The molecule has 2 aromatic rings. The average molecular weight is 475 g/mol. The number of benzene rings is 2. The van der Waals surface area contributed by atoms with E-state index >= 15 is 0 Å². The number of carbonyl (C=O) groups excluding carboxylic acids is 1. The second-order valence-electron chi connectivity index (χ2n) is 8.16. The zero-order valence-corrected chi connectivity index (χ0v) is 19.6. The molecule has 1 saturated heterocycles. The highest BCUT2D eigenvalue weighted by molar-refractivity contribution is 7.89. The summed E-state index contributed by atoms with van der Waals surface area (Å²) < 4.78 is 39.0. The molecule has 0 aliphatic carbocycles. The number of amides is 1. The Morgan fingerprint density at radius 1 is 1.00 bits per heavy atom. The predicted octanol–water partition coefficient (Wildman–Crippen LogP) is 1.91. The van der Waals surface area contributed by atoms with E-state index < -0.39 is 10.0 Å². The van der Waals surface area contributed by atoms with Crippen molar-refractivity contribution in [2.75, 3.05) is 63.2 Å². The van der Waals surface area contributed by atoms with Crippen LogP contribution < -0.4 is 24.4 Å². The van der Waals surface area contributed by atoms with E-state index in [1.807, 2.05) is 24.3 Å². The van der Waals surface area contributed by atoms with E-state index in [0.29, 0.717) is 24.7 Å². The third-order valence-corrected chi connectivity index (χ3v) is 7.15. The SMILES string of the molecule is CN1CCN(c2ccccc2NC(=O)CCNS(=O)(=O)c2ccc3c(c2)OCCCO3)CC1. The Kier molecular flexibility index (Phi) is 7.36. The topological polar surface area (TPSA) is 100 Å². The highest BCUT2D eigenvalue weighted by atomic mass is 32.2. The van der Waals surface area contributed by atoms with Crippen molar-refractivity contribution in [1.29, 1.82) is 0 Å². The third-order valence-electron chi connectivity index (χ3n) is 5.70. The van der Waals surface area contributed by atoms with E-state index in [9.17, 15) is 13.2 Å². The maximum Gasteiger partial charge on any atom is 0.240 e. The molecule has 2 N–H and O–H groups in total. The molecule has 0 radical (unpaired) electrons. The second-order valence-corrected chi connectivity index (χ2v) is 9.93. The van der Waals surface area contributed by atoms with Crippen LogP contribution in [0.1, 0.15) is 12.8 Å². The van der Waals surface area contributed by atoms with Crippen LogP contribution in [0, 0.1) is 0 Å². The lowest BCUT2D eigenvalue weighted by Gasteiger charge is -2.35. The van der Waals surface area contributed by atoms with Gasteiger partial charge in [0.1, 0.15) is 0 Å². The number of sulfonamides is 1. The summed E-state index contributed by atoms with van der Waals surface area (Å²) in [4.78, 5) is 17.1. The molecule has 0 aromatic heterocycles. The third kappa shape index (κ3) is 5.95. The number of hydrogen-bond acceptors (Lipinski definition) is 7. The van der Waals surface area contributed by atoms with Crippen LogP contribution in [0.2, 0.25) is 0 Å². The van der Waals surface area contributed by atoms with E-state index in [2.05, 4.69) is 26.9 Å². The van der Waals surface area contributed by atoms with Gasteiger partial charge in [-0.3, -0.25) is 4.79 Å².